The lowest BCUT2D eigenvalue weighted by atomic mass is 10.2. The number of furan rings is 1. The van der Waals surface area contributed by atoms with E-state index in [2.05, 4.69) is 4.72 Å². The van der Waals surface area contributed by atoms with Crippen LogP contribution in [0.4, 0.5) is 0 Å². The van der Waals surface area contributed by atoms with Gasteiger partial charge in [-0.3, -0.25) is 4.79 Å². The summed E-state index contributed by atoms with van der Waals surface area (Å²) in [7, 11) is -3.33. The standard InChI is InChI=1S/C12H18N2O4S/c1-3-13-19(16,17)10-4-6-14(8-10)12(15)11-9(2)5-7-18-11/h5,7,10,13H,3-4,6,8H2,1-2H3. The van der Waals surface area contributed by atoms with E-state index in [0.29, 0.717) is 25.3 Å². The minimum atomic E-state index is -3.33. The van der Waals surface area contributed by atoms with Crippen molar-refractivity contribution in [3.63, 3.8) is 0 Å². The zero-order valence-corrected chi connectivity index (χ0v) is 11.9. The fourth-order valence-corrected chi connectivity index (χ4v) is 3.65. The summed E-state index contributed by atoms with van der Waals surface area (Å²) in [4.78, 5) is 13.7. The predicted molar refractivity (Wildman–Crippen MR) is 70.4 cm³/mol. The number of nitrogens with one attached hydrogen (secondary N) is 1. The lowest BCUT2D eigenvalue weighted by Gasteiger charge is -2.15. The molecule has 1 N–H and O–H groups in total. The first kappa shape index (κ1) is 14.1. The van der Waals surface area contributed by atoms with E-state index < -0.39 is 15.3 Å². The summed E-state index contributed by atoms with van der Waals surface area (Å²) in [6, 6.07) is 1.72. The Hall–Kier alpha value is -1.34. The van der Waals surface area contributed by atoms with E-state index in [9.17, 15) is 13.2 Å². The maximum Gasteiger partial charge on any atom is 0.289 e. The van der Waals surface area contributed by atoms with Crippen LogP contribution in [0, 0.1) is 6.92 Å². The van der Waals surface area contributed by atoms with Crippen LogP contribution in [0.3, 0.4) is 0 Å². The molecule has 1 amide bonds. The lowest BCUT2D eigenvalue weighted by Crippen LogP contribution is -2.37. The Bertz CT molecular complexity index is 564. The second kappa shape index (κ2) is 5.34. The highest BCUT2D eigenvalue weighted by Crippen LogP contribution is 2.20. The SMILES string of the molecule is CCNS(=O)(=O)C1CCN(C(=O)c2occc2C)C1. The first-order valence-electron chi connectivity index (χ1n) is 6.27. The van der Waals surface area contributed by atoms with E-state index >= 15 is 0 Å². The van der Waals surface area contributed by atoms with Crippen molar-refractivity contribution in [2.75, 3.05) is 19.6 Å². The van der Waals surface area contributed by atoms with E-state index in [0.717, 1.165) is 5.56 Å². The molecule has 2 rings (SSSR count). The molecule has 1 unspecified atom stereocenters. The molecular weight excluding hydrogens is 268 g/mol. The van der Waals surface area contributed by atoms with Crippen molar-refractivity contribution in [1.82, 2.24) is 9.62 Å². The Morgan fingerprint density at radius 1 is 1.58 bits per heavy atom. The molecule has 0 spiro atoms. The van der Waals surface area contributed by atoms with Crippen LogP contribution >= 0.6 is 0 Å². The summed E-state index contributed by atoms with van der Waals surface area (Å²) >= 11 is 0. The maximum absolute atomic E-state index is 12.2. The Kier molecular flexibility index (Phi) is 3.96. The number of amides is 1. The van der Waals surface area contributed by atoms with Gasteiger partial charge in [0, 0.05) is 25.2 Å². The summed E-state index contributed by atoms with van der Waals surface area (Å²) in [5.74, 6) is 0.0539. The third-order valence-corrected chi connectivity index (χ3v) is 5.23. The third-order valence-electron chi connectivity index (χ3n) is 3.27. The van der Waals surface area contributed by atoms with E-state index in [4.69, 9.17) is 4.42 Å². The molecule has 7 heteroatoms. The summed E-state index contributed by atoms with van der Waals surface area (Å²) in [5, 5.41) is -0.535. The molecule has 1 aromatic rings. The van der Waals surface area contributed by atoms with Gasteiger partial charge < -0.3 is 9.32 Å². The average molecular weight is 286 g/mol. The number of sulfonamides is 1. The number of aryl methyl sites for hydroxylation is 1. The van der Waals surface area contributed by atoms with Crippen LogP contribution in [-0.2, 0) is 10.0 Å². The maximum atomic E-state index is 12.2. The van der Waals surface area contributed by atoms with E-state index in [1.165, 1.54) is 11.2 Å². The number of carbonyl (C=O) groups excluding carboxylic acids is 1. The Morgan fingerprint density at radius 3 is 2.89 bits per heavy atom. The van der Waals surface area contributed by atoms with Crippen molar-refractivity contribution in [2.24, 2.45) is 0 Å². The van der Waals surface area contributed by atoms with Crippen molar-refractivity contribution < 1.29 is 17.6 Å². The molecule has 1 aliphatic heterocycles. The van der Waals surface area contributed by atoms with Crippen molar-refractivity contribution >= 4 is 15.9 Å². The van der Waals surface area contributed by atoms with Crippen LogP contribution < -0.4 is 4.72 Å². The number of nitrogens with zero attached hydrogens (tertiary/aromatic N) is 1. The number of likely N-dealkylation sites (tertiary alicyclic amines) is 1. The van der Waals surface area contributed by atoms with Crippen LogP contribution in [0.25, 0.3) is 0 Å². The first-order chi connectivity index (χ1) is 8.95. The number of hydrogen-bond donors (Lipinski definition) is 1. The quantitative estimate of drug-likeness (QED) is 0.885. The van der Waals surface area contributed by atoms with Crippen LogP contribution in [0.15, 0.2) is 16.7 Å². The minimum Gasteiger partial charge on any atom is -0.459 e. The Labute approximate surface area is 112 Å². The fraction of sp³-hybridized carbons (Fsp3) is 0.583. The molecular formula is C12H18N2O4S. The Balaban J connectivity index is 2.07. The second-order valence-corrected chi connectivity index (χ2v) is 6.68. The second-order valence-electron chi connectivity index (χ2n) is 4.64. The molecule has 1 fully saturated rings. The van der Waals surface area contributed by atoms with Gasteiger partial charge in [-0.15, -0.1) is 0 Å². The third kappa shape index (κ3) is 2.82. The molecule has 0 aliphatic carbocycles. The van der Waals surface area contributed by atoms with Crippen molar-refractivity contribution in [3.05, 3.63) is 23.7 Å². The van der Waals surface area contributed by atoms with Crippen LogP contribution in [-0.4, -0.2) is 44.1 Å². The van der Waals surface area contributed by atoms with E-state index in [1.807, 2.05) is 0 Å². The molecule has 1 aromatic heterocycles. The molecule has 106 valence electrons. The van der Waals surface area contributed by atoms with Crippen LogP contribution in [0.2, 0.25) is 0 Å². The van der Waals surface area contributed by atoms with Crippen LogP contribution in [0.1, 0.15) is 29.5 Å². The highest BCUT2D eigenvalue weighted by atomic mass is 32.2. The van der Waals surface area contributed by atoms with Gasteiger partial charge in [-0.25, -0.2) is 13.1 Å². The molecule has 1 atom stereocenters. The van der Waals surface area contributed by atoms with E-state index in [-0.39, 0.29) is 12.5 Å². The highest BCUT2D eigenvalue weighted by molar-refractivity contribution is 7.90. The summed E-state index contributed by atoms with van der Waals surface area (Å²) in [6.07, 6.45) is 1.92. The molecule has 0 aromatic carbocycles. The molecule has 0 radical (unpaired) electrons. The summed E-state index contributed by atoms with van der Waals surface area (Å²) in [5.41, 5.74) is 0.767. The van der Waals surface area contributed by atoms with Gasteiger partial charge in [0.25, 0.3) is 5.91 Å². The van der Waals surface area contributed by atoms with Gasteiger partial charge in [-0.1, -0.05) is 6.92 Å². The molecule has 0 saturated carbocycles. The molecule has 19 heavy (non-hydrogen) atoms. The van der Waals surface area contributed by atoms with Gasteiger partial charge >= 0.3 is 0 Å². The number of carbonyl (C=O) groups is 1. The smallest absolute Gasteiger partial charge is 0.289 e. The van der Waals surface area contributed by atoms with Gasteiger partial charge in [0.1, 0.15) is 0 Å². The first-order valence-corrected chi connectivity index (χ1v) is 7.82. The fourth-order valence-electron chi connectivity index (χ4n) is 2.22. The molecule has 0 bridgehead atoms. The number of hydrogen-bond acceptors (Lipinski definition) is 4. The average Bonchev–Trinajstić information content (AvgIpc) is 2.96. The summed E-state index contributed by atoms with van der Waals surface area (Å²) in [6.45, 7) is 4.55. The lowest BCUT2D eigenvalue weighted by molar-refractivity contribution is 0.0760. The molecule has 6 nitrogen and oxygen atoms in total. The minimum absolute atomic E-state index is 0.217. The Morgan fingerprint density at radius 2 is 2.32 bits per heavy atom. The van der Waals surface area contributed by atoms with Gasteiger partial charge in [0.15, 0.2) is 5.76 Å². The predicted octanol–water partition coefficient (Wildman–Crippen LogP) is 0.742. The number of rotatable bonds is 4. The molecule has 1 saturated heterocycles. The monoisotopic (exact) mass is 286 g/mol. The van der Waals surface area contributed by atoms with Crippen molar-refractivity contribution in [1.29, 1.82) is 0 Å². The van der Waals surface area contributed by atoms with Crippen molar-refractivity contribution in [2.45, 2.75) is 25.5 Å². The van der Waals surface area contributed by atoms with Gasteiger partial charge in [0.05, 0.1) is 11.5 Å². The van der Waals surface area contributed by atoms with Gasteiger partial charge in [-0.05, 0) is 19.4 Å². The topological polar surface area (TPSA) is 79.6 Å². The van der Waals surface area contributed by atoms with Crippen molar-refractivity contribution in [3.8, 4) is 0 Å². The van der Waals surface area contributed by atoms with Gasteiger partial charge in [-0.2, -0.15) is 0 Å². The zero-order valence-electron chi connectivity index (χ0n) is 11.0. The van der Waals surface area contributed by atoms with E-state index in [1.54, 1.807) is 19.9 Å². The van der Waals surface area contributed by atoms with Gasteiger partial charge in [0.2, 0.25) is 10.0 Å². The zero-order chi connectivity index (χ0) is 14.0. The van der Waals surface area contributed by atoms with Crippen LogP contribution in [0.5, 0.6) is 0 Å². The molecule has 1 aliphatic rings. The molecule has 2 heterocycles. The summed E-state index contributed by atoms with van der Waals surface area (Å²) < 4.78 is 31.4. The largest absolute Gasteiger partial charge is 0.459 e. The highest BCUT2D eigenvalue weighted by Gasteiger charge is 2.36. The normalized spacial score (nSPS) is 19.9.